The molecule has 2 aromatic carbocycles. The van der Waals surface area contributed by atoms with E-state index in [1.165, 1.54) is 6.20 Å². The lowest BCUT2D eigenvalue weighted by Crippen LogP contribution is -2.04. The predicted octanol–water partition coefficient (Wildman–Crippen LogP) is 5.55. The standard InChI is InChI=1S/C17H14BrN3O3.C2H6/c1-24-13-5-2-11(3-6-13)9-20-17-14-7-4-12(18)8-15(14)19-10-16(17)21(22)23;1-2/h2-8,10H,9H2,1H3,(H,19,20);1-2H3. The molecule has 0 amide bonds. The van der Waals surface area contributed by atoms with E-state index in [2.05, 4.69) is 26.2 Å². The Kier molecular flexibility index (Phi) is 6.91. The molecule has 1 N–H and O–H groups in total. The fourth-order valence-electron chi connectivity index (χ4n) is 2.41. The van der Waals surface area contributed by atoms with Gasteiger partial charge in [0.15, 0.2) is 0 Å². The van der Waals surface area contributed by atoms with Gasteiger partial charge in [0.2, 0.25) is 0 Å². The monoisotopic (exact) mass is 417 g/mol. The second kappa shape index (κ2) is 9.15. The molecule has 0 saturated carbocycles. The van der Waals surface area contributed by atoms with Crippen molar-refractivity contribution in [3.05, 3.63) is 68.8 Å². The molecule has 0 unspecified atom stereocenters. The number of nitrogens with one attached hydrogen (secondary N) is 1. The summed E-state index contributed by atoms with van der Waals surface area (Å²) in [6.07, 6.45) is 1.28. The van der Waals surface area contributed by atoms with Gasteiger partial charge < -0.3 is 10.1 Å². The van der Waals surface area contributed by atoms with Crippen LogP contribution in [0.3, 0.4) is 0 Å². The van der Waals surface area contributed by atoms with Crippen LogP contribution in [0.5, 0.6) is 5.75 Å². The molecular weight excluding hydrogens is 398 g/mol. The van der Waals surface area contributed by atoms with Crippen LogP contribution in [0.25, 0.3) is 10.9 Å². The molecule has 0 spiro atoms. The highest BCUT2D eigenvalue weighted by Gasteiger charge is 2.18. The lowest BCUT2D eigenvalue weighted by atomic mass is 10.1. The molecule has 0 atom stereocenters. The molecule has 26 heavy (non-hydrogen) atoms. The van der Waals surface area contributed by atoms with Crippen LogP contribution < -0.4 is 10.1 Å². The summed E-state index contributed by atoms with van der Waals surface area (Å²) in [5, 5.41) is 15.2. The van der Waals surface area contributed by atoms with Gasteiger partial charge in [0, 0.05) is 16.4 Å². The van der Waals surface area contributed by atoms with Gasteiger partial charge in [-0.3, -0.25) is 10.1 Å². The number of nitrogens with zero attached hydrogens (tertiary/aromatic N) is 2. The summed E-state index contributed by atoms with van der Waals surface area (Å²) < 4.78 is 6.00. The van der Waals surface area contributed by atoms with Crippen LogP contribution in [0.2, 0.25) is 0 Å². The number of aromatic nitrogens is 1. The number of anilines is 1. The maximum Gasteiger partial charge on any atom is 0.311 e. The zero-order valence-electron chi connectivity index (χ0n) is 14.8. The Bertz CT molecular complexity index is 898. The van der Waals surface area contributed by atoms with E-state index in [0.29, 0.717) is 23.1 Å². The van der Waals surface area contributed by atoms with Gasteiger partial charge in [-0.1, -0.05) is 41.9 Å². The number of ether oxygens (including phenoxy) is 1. The Labute approximate surface area is 160 Å². The summed E-state index contributed by atoms with van der Waals surface area (Å²) in [6, 6.07) is 13.0. The van der Waals surface area contributed by atoms with Crippen LogP contribution >= 0.6 is 15.9 Å². The van der Waals surface area contributed by atoms with Crippen molar-refractivity contribution in [2.24, 2.45) is 0 Å². The molecule has 136 valence electrons. The fourth-order valence-corrected chi connectivity index (χ4v) is 2.76. The van der Waals surface area contributed by atoms with Gasteiger partial charge in [-0.15, -0.1) is 0 Å². The average molecular weight is 418 g/mol. The van der Waals surface area contributed by atoms with Gasteiger partial charge in [-0.25, -0.2) is 4.98 Å². The van der Waals surface area contributed by atoms with Crippen LogP contribution in [0, 0.1) is 10.1 Å². The Morgan fingerprint density at radius 3 is 2.50 bits per heavy atom. The number of hydrogen-bond acceptors (Lipinski definition) is 5. The zero-order chi connectivity index (χ0) is 19.1. The van der Waals surface area contributed by atoms with Gasteiger partial charge >= 0.3 is 5.69 Å². The smallest absolute Gasteiger partial charge is 0.311 e. The number of nitro groups is 1. The van der Waals surface area contributed by atoms with Gasteiger partial charge in [0.25, 0.3) is 0 Å². The molecule has 0 saturated heterocycles. The normalized spacial score (nSPS) is 10.0. The van der Waals surface area contributed by atoms with Crippen molar-refractivity contribution in [2.75, 3.05) is 12.4 Å². The Morgan fingerprint density at radius 1 is 1.19 bits per heavy atom. The van der Waals surface area contributed by atoms with Crippen LogP contribution in [0.1, 0.15) is 19.4 Å². The highest BCUT2D eigenvalue weighted by molar-refractivity contribution is 9.10. The first-order valence-corrected chi connectivity index (χ1v) is 8.97. The van der Waals surface area contributed by atoms with Crippen LogP contribution in [-0.2, 0) is 6.54 Å². The minimum Gasteiger partial charge on any atom is -0.497 e. The first-order chi connectivity index (χ1) is 12.6. The largest absolute Gasteiger partial charge is 0.497 e. The summed E-state index contributed by atoms with van der Waals surface area (Å²) in [7, 11) is 1.61. The van der Waals surface area contributed by atoms with E-state index in [1.807, 2.05) is 56.3 Å². The maximum absolute atomic E-state index is 11.3. The van der Waals surface area contributed by atoms with Gasteiger partial charge in [-0.2, -0.15) is 0 Å². The highest BCUT2D eigenvalue weighted by atomic mass is 79.9. The molecule has 1 heterocycles. The van der Waals surface area contributed by atoms with E-state index in [1.54, 1.807) is 7.11 Å². The number of benzene rings is 2. The molecular formula is C19H20BrN3O3. The first kappa shape index (κ1) is 19.7. The Hall–Kier alpha value is -2.67. The minimum absolute atomic E-state index is 0.0432. The minimum atomic E-state index is -0.426. The fraction of sp³-hybridized carbons (Fsp3) is 0.211. The van der Waals surface area contributed by atoms with Crippen molar-refractivity contribution in [3.63, 3.8) is 0 Å². The van der Waals surface area contributed by atoms with Crippen molar-refractivity contribution >= 4 is 38.2 Å². The zero-order valence-corrected chi connectivity index (χ0v) is 16.4. The van der Waals surface area contributed by atoms with Crippen LogP contribution in [0.4, 0.5) is 11.4 Å². The SMILES string of the molecule is CC.COc1ccc(CNc2c([N+](=O)[O-])cnc3cc(Br)ccc23)cc1. The van der Waals surface area contributed by atoms with Crippen molar-refractivity contribution in [3.8, 4) is 5.75 Å². The number of rotatable bonds is 5. The molecule has 0 aliphatic heterocycles. The molecule has 0 bridgehead atoms. The lowest BCUT2D eigenvalue weighted by Gasteiger charge is -2.11. The Morgan fingerprint density at radius 2 is 1.88 bits per heavy atom. The van der Waals surface area contributed by atoms with E-state index >= 15 is 0 Å². The van der Waals surface area contributed by atoms with E-state index < -0.39 is 4.92 Å². The lowest BCUT2D eigenvalue weighted by molar-refractivity contribution is -0.384. The molecule has 6 nitrogen and oxygen atoms in total. The third-order valence-corrected chi connectivity index (χ3v) is 4.13. The summed E-state index contributed by atoms with van der Waals surface area (Å²) in [4.78, 5) is 15.1. The number of hydrogen-bond donors (Lipinski definition) is 1. The third kappa shape index (κ3) is 4.49. The van der Waals surface area contributed by atoms with E-state index in [4.69, 9.17) is 4.74 Å². The van der Waals surface area contributed by atoms with E-state index in [0.717, 1.165) is 15.8 Å². The van der Waals surface area contributed by atoms with Crippen molar-refractivity contribution in [1.82, 2.24) is 4.98 Å². The maximum atomic E-state index is 11.3. The molecule has 0 aliphatic rings. The molecule has 1 aromatic heterocycles. The summed E-state index contributed by atoms with van der Waals surface area (Å²) in [5.74, 6) is 0.768. The van der Waals surface area contributed by atoms with Crippen molar-refractivity contribution in [1.29, 1.82) is 0 Å². The molecule has 0 radical (unpaired) electrons. The molecule has 0 aliphatic carbocycles. The number of fused-ring (bicyclic) bond motifs is 1. The van der Waals surface area contributed by atoms with Gasteiger partial charge in [0.05, 0.1) is 17.5 Å². The summed E-state index contributed by atoms with van der Waals surface area (Å²) >= 11 is 3.39. The number of pyridine rings is 1. The highest BCUT2D eigenvalue weighted by Crippen LogP contribution is 2.33. The number of halogens is 1. The molecule has 0 fully saturated rings. The Balaban J connectivity index is 0.00000117. The number of methoxy groups -OCH3 is 1. The second-order valence-corrected chi connectivity index (χ2v) is 6.05. The summed E-state index contributed by atoms with van der Waals surface area (Å²) in [6.45, 7) is 4.46. The molecule has 3 aromatic rings. The van der Waals surface area contributed by atoms with Crippen molar-refractivity contribution in [2.45, 2.75) is 20.4 Å². The predicted molar refractivity (Wildman–Crippen MR) is 108 cm³/mol. The second-order valence-electron chi connectivity index (χ2n) is 5.14. The quantitative estimate of drug-likeness (QED) is 0.434. The summed E-state index contributed by atoms with van der Waals surface area (Å²) in [5.41, 5.74) is 2.10. The van der Waals surface area contributed by atoms with Crippen molar-refractivity contribution < 1.29 is 9.66 Å². The van der Waals surface area contributed by atoms with E-state index in [-0.39, 0.29) is 5.69 Å². The topological polar surface area (TPSA) is 77.3 Å². The first-order valence-electron chi connectivity index (χ1n) is 8.18. The molecule has 3 rings (SSSR count). The van der Waals surface area contributed by atoms with Crippen LogP contribution in [0.15, 0.2) is 53.1 Å². The average Bonchev–Trinajstić information content (AvgIpc) is 2.67. The van der Waals surface area contributed by atoms with E-state index in [9.17, 15) is 10.1 Å². The molecule has 7 heteroatoms. The van der Waals surface area contributed by atoms with Crippen LogP contribution in [-0.4, -0.2) is 17.0 Å². The third-order valence-electron chi connectivity index (χ3n) is 3.64. The van der Waals surface area contributed by atoms with Gasteiger partial charge in [0.1, 0.15) is 17.6 Å². The van der Waals surface area contributed by atoms with Gasteiger partial charge in [-0.05, 0) is 35.9 Å².